The van der Waals surface area contributed by atoms with Crippen LogP contribution in [0.25, 0.3) is 0 Å². The van der Waals surface area contributed by atoms with Gasteiger partial charge in [-0.2, -0.15) is 0 Å². The third-order valence-corrected chi connectivity index (χ3v) is 4.63. The van der Waals surface area contributed by atoms with Crippen molar-refractivity contribution < 1.29 is 9.53 Å². The van der Waals surface area contributed by atoms with Gasteiger partial charge in [0.2, 0.25) is 0 Å². The number of piperidine rings is 1. The van der Waals surface area contributed by atoms with Crippen LogP contribution >= 0.6 is 0 Å². The van der Waals surface area contributed by atoms with E-state index in [1.165, 1.54) is 11.1 Å². The summed E-state index contributed by atoms with van der Waals surface area (Å²) in [6.45, 7) is 9.22. The van der Waals surface area contributed by atoms with Gasteiger partial charge in [-0.05, 0) is 58.4 Å². The fourth-order valence-electron chi connectivity index (χ4n) is 3.03. The molecule has 1 aromatic rings. The second-order valence-electron chi connectivity index (χ2n) is 7.14. The van der Waals surface area contributed by atoms with Crippen LogP contribution < -0.4 is 0 Å². The molecule has 25 heavy (non-hydrogen) atoms. The average Bonchev–Trinajstić information content (AvgIpc) is 3.08. The number of hydrogen-bond donors (Lipinski definition) is 0. The maximum Gasteiger partial charge on any atom is 0.410 e. The molecule has 1 aliphatic heterocycles. The van der Waals surface area contributed by atoms with Crippen LogP contribution in [-0.2, 0) is 11.3 Å². The molecule has 5 heteroatoms. The smallest absolute Gasteiger partial charge is 0.410 e. The van der Waals surface area contributed by atoms with Gasteiger partial charge in [0.05, 0.1) is 6.33 Å². The molecule has 1 saturated heterocycles. The molecule has 138 valence electrons. The molecule has 1 amide bonds. The quantitative estimate of drug-likeness (QED) is 0.687. The van der Waals surface area contributed by atoms with Gasteiger partial charge in [0.1, 0.15) is 6.61 Å². The van der Waals surface area contributed by atoms with Crippen molar-refractivity contribution in [3.8, 4) is 0 Å². The molecule has 2 rings (SSSR count). The summed E-state index contributed by atoms with van der Waals surface area (Å²) < 4.78 is 7.51. The predicted octanol–water partition coefficient (Wildman–Crippen LogP) is 4.42. The Morgan fingerprint density at radius 3 is 2.64 bits per heavy atom. The number of nitrogens with zero attached hydrogens (tertiary/aromatic N) is 3. The van der Waals surface area contributed by atoms with Gasteiger partial charge < -0.3 is 14.2 Å². The molecule has 0 aromatic carbocycles. The standard InChI is InChI=1S/C20H31N3O2/c1-17(2)5-4-6-18(3)9-14-25-20(24)23-11-7-19(8-12-23)15-22-13-10-21-16-22/h5,9-10,13,16,19H,4,6-8,11-12,14-15H2,1-3H3. The van der Waals surface area contributed by atoms with Crippen molar-refractivity contribution in [2.45, 2.75) is 53.0 Å². The summed E-state index contributed by atoms with van der Waals surface area (Å²) in [5.74, 6) is 0.607. The Kier molecular flexibility index (Phi) is 7.76. The number of amides is 1. The average molecular weight is 345 g/mol. The van der Waals surface area contributed by atoms with Crippen LogP contribution in [0.4, 0.5) is 4.79 Å². The van der Waals surface area contributed by atoms with Crippen LogP contribution in [-0.4, -0.2) is 40.2 Å². The molecule has 0 spiro atoms. The molecule has 0 bridgehead atoms. The van der Waals surface area contributed by atoms with Crippen LogP contribution in [0.1, 0.15) is 46.5 Å². The van der Waals surface area contributed by atoms with E-state index in [1.54, 1.807) is 0 Å². The molecule has 1 aromatic heterocycles. The number of carbonyl (C=O) groups excluding carboxylic acids is 1. The molecule has 0 radical (unpaired) electrons. The molecule has 0 N–H and O–H groups in total. The van der Waals surface area contributed by atoms with Crippen LogP contribution in [0.2, 0.25) is 0 Å². The minimum absolute atomic E-state index is 0.186. The number of rotatable bonds is 7. The topological polar surface area (TPSA) is 47.4 Å². The van der Waals surface area contributed by atoms with Gasteiger partial charge in [-0.1, -0.05) is 17.2 Å². The van der Waals surface area contributed by atoms with Crippen LogP contribution in [0.3, 0.4) is 0 Å². The molecule has 1 fully saturated rings. The Morgan fingerprint density at radius 2 is 2.00 bits per heavy atom. The van der Waals surface area contributed by atoms with Crippen molar-refractivity contribution in [1.82, 2.24) is 14.5 Å². The molecule has 5 nitrogen and oxygen atoms in total. The highest BCUT2D eigenvalue weighted by Gasteiger charge is 2.23. The summed E-state index contributed by atoms with van der Waals surface area (Å²) in [5.41, 5.74) is 2.61. The minimum Gasteiger partial charge on any atom is -0.445 e. The Morgan fingerprint density at radius 1 is 1.24 bits per heavy atom. The number of carbonyl (C=O) groups is 1. The van der Waals surface area contributed by atoms with E-state index in [0.29, 0.717) is 12.5 Å². The zero-order valence-corrected chi connectivity index (χ0v) is 15.8. The lowest BCUT2D eigenvalue weighted by molar-refractivity contribution is 0.0941. The fourth-order valence-corrected chi connectivity index (χ4v) is 3.03. The number of aromatic nitrogens is 2. The first-order valence-electron chi connectivity index (χ1n) is 9.21. The molecule has 2 heterocycles. The Bertz CT molecular complexity index is 578. The fraction of sp³-hybridized carbons (Fsp3) is 0.600. The van der Waals surface area contributed by atoms with Crippen LogP contribution in [0.5, 0.6) is 0 Å². The number of allylic oxidation sites excluding steroid dienone is 3. The lowest BCUT2D eigenvalue weighted by atomic mass is 9.97. The molecular weight excluding hydrogens is 314 g/mol. The third kappa shape index (κ3) is 7.16. The predicted molar refractivity (Wildman–Crippen MR) is 100 cm³/mol. The van der Waals surface area contributed by atoms with E-state index in [4.69, 9.17) is 4.74 Å². The van der Waals surface area contributed by atoms with E-state index in [0.717, 1.165) is 45.3 Å². The lowest BCUT2D eigenvalue weighted by Crippen LogP contribution is -2.39. The summed E-state index contributed by atoms with van der Waals surface area (Å²) >= 11 is 0. The number of ether oxygens (including phenoxy) is 1. The Hall–Kier alpha value is -2.04. The second kappa shape index (κ2) is 10.1. The van der Waals surface area contributed by atoms with Gasteiger partial charge in [-0.3, -0.25) is 0 Å². The largest absolute Gasteiger partial charge is 0.445 e. The monoisotopic (exact) mass is 345 g/mol. The molecule has 0 atom stereocenters. The van der Waals surface area contributed by atoms with E-state index in [9.17, 15) is 4.79 Å². The van der Waals surface area contributed by atoms with Crippen molar-refractivity contribution in [3.05, 3.63) is 42.0 Å². The van der Waals surface area contributed by atoms with E-state index in [-0.39, 0.29) is 6.09 Å². The third-order valence-electron chi connectivity index (χ3n) is 4.63. The SMILES string of the molecule is CC(C)=CCCC(C)=CCOC(=O)N1CCC(Cn2ccnc2)CC1. The van der Waals surface area contributed by atoms with Crippen LogP contribution in [0.15, 0.2) is 42.0 Å². The van der Waals surface area contributed by atoms with Gasteiger partial charge in [0, 0.05) is 32.0 Å². The van der Waals surface area contributed by atoms with Crippen LogP contribution in [0, 0.1) is 5.92 Å². The van der Waals surface area contributed by atoms with Gasteiger partial charge in [0.15, 0.2) is 0 Å². The summed E-state index contributed by atoms with van der Waals surface area (Å²) in [6.07, 6.45) is 13.8. The van der Waals surface area contributed by atoms with Crippen molar-refractivity contribution in [2.24, 2.45) is 5.92 Å². The number of imidazole rings is 1. The first-order chi connectivity index (χ1) is 12.0. The first-order valence-corrected chi connectivity index (χ1v) is 9.21. The first kappa shape index (κ1) is 19.3. The summed E-state index contributed by atoms with van der Waals surface area (Å²) in [4.78, 5) is 18.1. The molecule has 0 saturated carbocycles. The maximum atomic E-state index is 12.2. The molecule has 1 aliphatic rings. The van der Waals surface area contributed by atoms with E-state index < -0.39 is 0 Å². The molecule has 0 aliphatic carbocycles. The number of likely N-dealkylation sites (tertiary alicyclic amines) is 1. The van der Waals surface area contributed by atoms with Gasteiger partial charge in [-0.15, -0.1) is 0 Å². The Balaban J connectivity index is 1.64. The second-order valence-corrected chi connectivity index (χ2v) is 7.14. The highest BCUT2D eigenvalue weighted by atomic mass is 16.6. The van der Waals surface area contributed by atoms with Crippen molar-refractivity contribution in [2.75, 3.05) is 19.7 Å². The molecular formula is C20H31N3O2. The van der Waals surface area contributed by atoms with Crippen molar-refractivity contribution in [3.63, 3.8) is 0 Å². The molecule has 0 unspecified atom stereocenters. The maximum absolute atomic E-state index is 12.2. The van der Waals surface area contributed by atoms with Crippen molar-refractivity contribution in [1.29, 1.82) is 0 Å². The van der Waals surface area contributed by atoms with Gasteiger partial charge in [0.25, 0.3) is 0 Å². The van der Waals surface area contributed by atoms with Gasteiger partial charge in [-0.25, -0.2) is 9.78 Å². The van der Waals surface area contributed by atoms with Crippen molar-refractivity contribution >= 4 is 6.09 Å². The number of hydrogen-bond acceptors (Lipinski definition) is 3. The lowest BCUT2D eigenvalue weighted by Gasteiger charge is -2.31. The van der Waals surface area contributed by atoms with E-state index in [1.807, 2.05) is 29.7 Å². The normalized spacial score (nSPS) is 16.0. The van der Waals surface area contributed by atoms with E-state index in [2.05, 4.69) is 36.4 Å². The van der Waals surface area contributed by atoms with Gasteiger partial charge >= 0.3 is 6.09 Å². The minimum atomic E-state index is -0.186. The summed E-state index contributed by atoms with van der Waals surface area (Å²) in [7, 11) is 0. The highest BCUT2D eigenvalue weighted by molar-refractivity contribution is 5.67. The zero-order chi connectivity index (χ0) is 18.1. The highest BCUT2D eigenvalue weighted by Crippen LogP contribution is 2.19. The Labute approximate surface area is 151 Å². The summed E-state index contributed by atoms with van der Waals surface area (Å²) in [6, 6.07) is 0. The zero-order valence-electron chi connectivity index (χ0n) is 15.8. The van der Waals surface area contributed by atoms with E-state index >= 15 is 0 Å². The summed E-state index contributed by atoms with van der Waals surface area (Å²) in [5, 5.41) is 0.